The number of anilines is 1. The number of aromatic nitrogens is 7. The summed E-state index contributed by atoms with van der Waals surface area (Å²) in [4.78, 5) is 22.7. The molecule has 5 aromatic rings. The lowest BCUT2D eigenvalue weighted by Gasteiger charge is -2.09. The number of pyridine rings is 2. The van der Waals surface area contributed by atoms with Crippen LogP contribution in [0, 0.1) is 18.3 Å². The largest absolute Gasteiger partial charge is 0.320 e. The van der Waals surface area contributed by atoms with Crippen molar-refractivity contribution in [2.75, 3.05) is 5.32 Å². The van der Waals surface area contributed by atoms with E-state index in [2.05, 4.69) is 36.7 Å². The maximum Gasteiger partial charge on any atom is 0.259 e. The van der Waals surface area contributed by atoms with Crippen molar-refractivity contribution in [1.29, 1.82) is 5.26 Å². The smallest absolute Gasteiger partial charge is 0.259 e. The summed E-state index contributed by atoms with van der Waals surface area (Å²) in [5.74, 6) is -0.0828. The first-order valence-electron chi connectivity index (χ1n) is 9.61. The Balaban J connectivity index is 1.45. The Labute approximate surface area is 181 Å². The van der Waals surface area contributed by atoms with Crippen LogP contribution in [0.25, 0.3) is 22.3 Å². The zero-order valence-electron chi connectivity index (χ0n) is 16.8. The predicted octanol–water partition coefficient (Wildman–Crippen LogP) is 2.83. The highest BCUT2D eigenvalue weighted by Crippen LogP contribution is 2.23. The molecule has 0 saturated heterocycles. The summed E-state index contributed by atoms with van der Waals surface area (Å²) in [6.45, 7) is 1.81. The summed E-state index contributed by atoms with van der Waals surface area (Å²) < 4.78 is 1.69. The van der Waals surface area contributed by atoms with Gasteiger partial charge in [-0.2, -0.15) is 20.6 Å². The minimum absolute atomic E-state index is 0.230. The monoisotopic (exact) mass is 421 g/mol. The van der Waals surface area contributed by atoms with Gasteiger partial charge < -0.3 is 5.32 Å². The fourth-order valence-corrected chi connectivity index (χ4v) is 3.44. The molecular formula is C22H15N9O. The number of nitriles is 1. The van der Waals surface area contributed by atoms with Gasteiger partial charge in [-0.05, 0) is 13.0 Å². The minimum atomic E-state index is -0.363. The van der Waals surface area contributed by atoms with Crippen LogP contribution in [0.15, 0.2) is 67.5 Å². The molecule has 0 aliphatic heterocycles. The van der Waals surface area contributed by atoms with Gasteiger partial charge in [0.2, 0.25) is 0 Å². The maximum atomic E-state index is 12.9. The van der Waals surface area contributed by atoms with Gasteiger partial charge in [0.25, 0.3) is 5.91 Å². The number of carbonyl (C=O) groups excluding carboxylic acids is 1. The van der Waals surface area contributed by atoms with Gasteiger partial charge in [-0.15, -0.1) is 4.80 Å². The van der Waals surface area contributed by atoms with E-state index in [9.17, 15) is 10.1 Å². The van der Waals surface area contributed by atoms with Crippen LogP contribution < -0.4 is 5.32 Å². The van der Waals surface area contributed by atoms with E-state index in [4.69, 9.17) is 0 Å². The molecule has 154 valence electrons. The molecule has 0 atom stereocenters. The van der Waals surface area contributed by atoms with E-state index >= 15 is 0 Å². The number of fused-ring (bicyclic) bond motifs is 1. The molecule has 0 radical (unpaired) electrons. The van der Waals surface area contributed by atoms with Crippen molar-refractivity contribution in [1.82, 2.24) is 34.7 Å². The average molecular weight is 421 g/mol. The second kappa shape index (κ2) is 7.73. The quantitative estimate of drug-likeness (QED) is 0.473. The normalized spacial score (nSPS) is 10.8. The molecule has 0 spiro atoms. The van der Waals surface area contributed by atoms with Crippen LogP contribution in [-0.4, -0.2) is 40.6 Å². The van der Waals surface area contributed by atoms with E-state index < -0.39 is 0 Å². The fraction of sp³-hybridized carbons (Fsp3) is 0.0455. The van der Waals surface area contributed by atoms with Gasteiger partial charge in [-0.1, -0.05) is 24.3 Å². The molecule has 4 aromatic heterocycles. The molecule has 1 amide bonds. The molecule has 0 saturated carbocycles. The number of hydrogen-bond acceptors (Lipinski definition) is 7. The van der Waals surface area contributed by atoms with Crippen molar-refractivity contribution in [2.45, 2.75) is 6.92 Å². The summed E-state index contributed by atoms with van der Waals surface area (Å²) >= 11 is 0. The molecule has 0 aliphatic rings. The van der Waals surface area contributed by atoms with Crippen molar-refractivity contribution in [2.24, 2.45) is 0 Å². The van der Waals surface area contributed by atoms with Crippen molar-refractivity contribution in [3.8, 4) is 17.6 Å². The van der Waals surface area contributed by atoms with Gasteiger partial charge in [-0.25, -0.2) is 9.67 Å². The molecule has 0 unspecified atom stereocenters. The maximum absolute atomic E-state index is 12.9. The molecule has 0 bridgehead atoms. The molecule has 4 heterocycles. The van der Waals surface area contributed by atoms with E-state index in [1.54, 1.807) is 17.1 Å². The lowest BCUT2D eigenvalue weighted by atomic mass is 10.1. The minimum Gasteiger partial charge on any atom is -0.320 e. The molecule has 10 heteroatoms. The average Bonchev–Trinajstić information content (AvgIpc) is 3.49. The highest BCUT2D eigenvalue weighted by molar-refractivity contribution is 6.05. The molecule has 32 heavy (non-hydrogen) atoms. The number of carbonyl (C=O) groups is 1. The zero-order chi connectivity index (χ0) is 22.1. The van der Waals surface area contributed by atoms with Gasteiger partial charge in [0, 0.05) is 17.0 Å². The van der Waals surface area contributed by atoms with Crippen LogP contribution in [0.3, 0.4) is 0 Å². The van der Waals surface area contributed by atoms with Gasteiger partial charge in [0.1, 0.15) is 11.6 Å². The van der Waals surface area contributed by atoms with Crippen LogP contribution in [-0.2, 0) is 0 Å². The molecule has 0 aliphatic carbocycles. The molecular weight excluding hydrogens is 406 g/mol. The first-order chi connectivity index (χ1) is 15.7. The van der Waals surface area contributed by atoms with Crippen LogP contribution >= 0.6 is 0 Å². The van der Waals surface area contributed by atoms with E-state index in [1.165, 1.54) is 35.7 Å². The topological polar surface area (TPSA) is 127 Å². The summed E-state index contributed by atoms with van der Waals surface area (Å²) in [7, 11) is 0. The van der Waals surface area contributed by atoms with E-state index in [0.717, 1.165) is 16.5 Å². The van der Waals surface area contributed by atoms with Crippen LogP contribution in [0.5, 0.6) is 0 Å². The van der Waals surface area contributed by atoms with Crippen LogP contribution in [0.4, 0.5) is 5.69 Å². The fourth-order valence-electron chi connectivity index (χ4n) is 3.44. The first kappa shape index (κ1) is 19.1. The Bertz CT molecular complexity index is 1490. The Kier molecular flexibility index (Phi) is 4.61. The number of rotatable bonds is 4. The molecule has 1 N–H and O–H groups in total. The third-order valence-electron chi connectivity index (χ3n) is 4.98. The second-order valence-corrected chi connectivity index (χ2v) is 6.91. The lowest BCUT2D eigenvalue weighted by molar-refractivity contribution is 0.102. The van der Waals surface area contributed by atoms with E-state index in [1.807, 2.05) is 31.2 Å². The Morgan fingerprint density at radius 3 is 2.69 bits per heavy atom. The van der Waals surface area contributed by atoms with Crippen LogP contribution in [0.1, 0.15) is 21.6 Å². The number of nitrogens with zero attached hydrogens (tertiary/aromatic N) is 8. The Morgan fingerprint density at radius 1 is 1.06 bits per heavy atom. The Morgan fingerprint density at radius 2 is 1.88 bits per heavy atom. The third-order valence-corrected chi connectivity index (χ3v) is 4.98. The number of nitrogens with one attached hydrogen (secondary N) is 1. The SMILES string of the molecule is Cc1c(C(=O)Nc2cnc(-n3nccn3)c(C#N)c2)cnn1-c1cncc2ccccc12. The number of benzene rings is 1. The summed E-state index contributed by atoms with van der Waals surface area (Å²) in [5.41, 5.74) is 2.44. The van der Waals surface area contributed by atoms with Gasteiger partial charge in [-0.3, -0.25) is 9.78 Å². The lowest BCUT2D eigenvalue weighted by Crippen LogP contribution is -2.14. The van der Waals surface area contributed by atoms with E-state index in [0.29, 0.717) is 16.9 Å². The summed E-state index contributed by atoms with van der Waals surface area (Å²) in [6.07, 6.45) is 9.44. The molecule has 1 aromatic carbocycles. The van der Waals surface area contributed by atoms with Crippen LogP contribution in [0.2, 0.25) is 0 Å². The summed E-state index contributed by atoms with van der Waals surface area (Å²) in [6, 6.07) is 11.4. The third kappa shape index (κ3) is 3.23. The number of amides is 1. The second-order valence-electron chi connectivity index (χ2n) is 6.91. The highest BCUT2D eigenvalue weighted by atomic mass is 16.1. The number of hydrogen-bond donors (Lipinski definition) is 1. The predicted molar refractivity (Wildman–Crippen MR) is 115 cm³/mol. The van der Waals surface area contributed by atoms with Gasteiger partial charge in [0.15, 0.2) is 5.82 Å². The van der Waals surface area contributed by atoms with Crippen molar-refractivity contribution in [3.63, 3.8) is 0 Å². The van der Waals surface area contributed by atoms with Crippen molar-refractivity contribution >= 4 is 22.4 Å². The highest BCUT2D eigenvalue weighted by Gasteiger charge is 2.18. The van der Waals surface area contributed by atoms with E-state index in [-0.39, 0.29) is 17.3 Å². The Hall–Kier alpha value is -4.91. The van der Waals surface area contributed by atoms with Gasteiger partial charge in [0.05, 0.1) is 53.6 Å². The summed E-state index contributed by atoms with van der Waals surface area (Å²) in [5, 5.41) is 26.6. The molecule has 10 nitrogen and oxygen atoms in total. The van der Waals surface area contributed by atoms with Crippen molar-refractivity contribution in [3.05, 3.63) is 84.3 Å². The standard InChI is InChI=1S/C22H15N9O/c1-14-19(12-28-30(14)20-13-24-10-15-4-2-3-5-18(15)20)22(32)29-17-8-16(9-23)21(25-11-17)31-26-6-7-27-31/h2-8,10-13H,1H3,(H,29,32). The molecule has 0 fully saturated rings. The first-order valence-corrected chi connectivity index (χ1v) is 9.61. The zero-order valence-corrected chi connectivity index (χ0v) is 16.8. The van der Waals surface area contributed by atoms with Gasteiger partial charge >= 0.3 is 0 Å². The van der Waals surface area contributed by atoms with Crippen molar-refractivity contribution < 1.29 is 4.79 Å². The molecule has 5 rings (SSSR count).